The van der Waals surface area contributed by atoms with Gasteiger partial charge in [0.25, 0.3) is 0 Å². The highest BCUT2D eigenvalue weighted by Crippen LogP contribution is 2.26. The Hall–Kier alpha value is -4.06. The molecule has 6 nitrogen and oxygen atoms in total. The molecule has 1 N–H and O–H groups in total. The summed E-state index contributed by atoms with van der Waals surface area (Å²) in [5.74, 6) is 0.968. The zero-order valence-corrected chi connectivity index (χ0v) is 20.6. The van der Waals surface area contributed by atoms with Gasteiger partial charge in [-0.2, -0.15) is 5.10 Å². The Labute approximate surface area is 212 Å². The highest BCUT2D eigenvalue weighted by molar-refractivity contribution is 5.77. The summed E-state index contributed by atoms with van der Waals surface area (Å²) in [6.45, 7) is 1.60. The summed E-state index contributed by atoms with van der Waals surface area (Å²) in [6, 6.07) is 26.6. The zero-order valence-electron chi connectivity index (χ0n) is 20.6. The van der Waals surface area contributed by atoms with Crippen molar-refractivity contribution in [1.82, 2.24) is 14.7 Å². The number of amides is 1. The van der Waals surface area contributed by atoms with Gasteiger partial charge in [-0.15, -0.1) is 0 Å². The summed E-state index contributed by atoms with van der Waals surface area (Å²) in [5, 5.41) is 7.83. The van der Waals surface area contributed by atoms with E-state index in [2.05, 4.69) is 40.7 Å². The Morgan fingerprint density at radius 2 is 1.72 bits per heavy atom. The van der Waals surface area contributed by atoms with Gasteiger partial charge in [-0.1, -0.05) is 66.7 Å². The van der Waals surface area contributed by atoms with Crippen LogP contribution in [-0.2, 0) is 37.8 Å². The molecule has 1 aliphatic heterocycles. The number of nitrogens with zero attached hydrogens (tertiary/aromatic N) is 3. The molecule has 0 unspecified atom stereocenters. The number of aryl methyl sites for hydroxylation is 2. The van der Waals surface area contributed by atoms with Gasteiger partial charge in [-0.25, -0.2) is 0 Å². The highest BCUT2D eigenvalue weighted by atomic mass is 16.5. The van der Waals surface area contributed by atoms with E-state index in [1.54, 1.807) is 4.68 Å². The summed E-state index contributed by atoms with van der Waals surface area (Å²) in [6.07, 6.45) is 5.60. The van der Waals surface area contributed by atoms with Gasteiger partial charge in [-0.05, 0) is 41.7 Å². The molecule has 0 aliphatic carbocycles. The number of fused-ring (bicyclic) bond motifs is 2. The molecule has 0 fully saturated rings. The Bertz CT molecular complexity index is 1300. The van der Waals surface area contributed by atoms with Crippen LogP contribution in [0.25, 0.3) is 0 Å². The van der Waals surface area contributed by atoms with Crippen LogP contribution in [0.15, 0.2) is 91.3 Å². The zero-order chi connectivity index (χ0) is 24.7. The van der Waals surface area contributed by atoms with Crippen LogP contribution in [0.3, 0.4) is 0 Å². The van der Waals surface area contributed by atoms with Crippen molar-refractivity contribution in [2.45, 2.75) is 38.4 Å². The van der Waals surface area contributed by atoms with Crippen molar-refractivity contribution in [1.29, 1.82) is 0 Å². The largest absolute Gasteiger partial charge is 0.491 e. The monoisotopic (exact) mass is 480 g/mol. The maximum absolute atomic E-state index is 13.8. The molecule has 5 rings (SSSR count). The third-order valence-corrected chi connectivity index (χ3v) is 6.69. The normalized spacial score (nSPS) is 15.6. The maximum atomic E-state index is 13.8. The van der Waals surface area contributed by atoms with E-state index < -0.39 is 0 Å². The molecule has 4 aromatic rings. The molecule has 36 heavy (non-hydrogen) atoms. The molecule has 0 saturated heterocycles. The van der Waals surface area contributed by atoms with Crippen LogP contribution in [0.1, 0.15) is 28.7 Å². The van der Waals surface area contributed by atoms with Crippen LogP contribution in [0, 0.1) is 0 Å². The molecular formula is C30H32N4O2. The molecule has 1 atom stereocenters. The molecule has 3 aromatic carbocycles. The van der Waals surface area contributed by atoms with Crippen LogP contribution in [-0.4, -0.2) is 33.2 Å². The number of rotatable bonds is 5. The molecule has 6 heteroatoms. The molecule has 1 aromatic heterocycles. The van der Waals surface area contributed by atoms with Crippen LogP contribution in [0.2, 0.25) is 0 Å². The average molecular weight is 481 g/mol. The van der Waals surface area contributed by atoms with Crippen molar-refractivity contribution in [2.75, 3.05) is 11.9 Å². The molecule has 0 radical (unpaired) electrons. The number of nitrogens with one attached hydrogen (secondary N) is 1. The minimum absolute atomic E-state index is 0.116. The van der Waals surface area contributed by atoms with Gasteiger partial charge >= 0.3 is 0 Å². The van der Waals surface area contributed by atoms with Crippen molar-refractivity contribution < 1.29 is 9.53 Å². The van der Waals surface area contributed by atoms with E-state index in [4.69, 9.17) is 4.74 Å². The summed E-state index contributed by atoms with van der Waals surface area (Å²) in [4.78, 5) is 15.8. The third-order valence-electron chi connectivity index (χ3n) is 6.69. The van der Waals surface area contributed by atoms with Crippen LogP contribution >= 0.6 is 0 Å². The van der Waals surface area contributed by atoms with Gasteiger partial charge in [0.05, 0.1) is 12.2 Å². The minimum atomic E-state index is -0.118. The quantitative estimate of drug-likeness (QED) is 0.437. The number of anilines is 1. The summed E-state index contributed by atoms with van der Waals surface area (Å²) < 4.78 is 8.18. The predicted octanol–water partition coefficient (Wildman–Crippen LogP) is 5.00. The number of benzene rings is 3. The second kappa shape index (κ2) is 11.1. The molecule has 2 heterocycles. The lowest BCUT2D eigenvalue weighted by Gasteiger charge is -2.33. The molecule has 0 spiro atoms. The van der Waals surface area contributed by atoms with E-state index in [1.165, 1.54) is 5.56 Å². The second-order valence-electron chi connectivity index (χ2n) is 9.32. The second-order valence-corrected chi connectivity index (χ2v) is 9.32. The van der Waals surface area contributed by atoms with E-state index in [-0.39, 0.29) is 11.9 Å². The number of aromatic nitrogens is 2. The fraction of sp³-hybridized carbons (Fsp3) is 0.267. The lowest BCUT2D eigenvalue weighted by Crippen LogP contribution is -2.44. The first-order valence-electron chi connectivity index (χ1n) is 12.5. The number of para-hydroxylation sites is 2. The van der Waals surface area contributed by atoms with E-state index in [1.807, 2.05) is 72.9 Å². The fourth-order valence-corrected chi connectivity index (χ4v) is 4.74. The van der Waals surface area contributed by atoms with E-state index in [9.17, 15) is 4.79 Å². The molecule has 1 amide bonds. The summed E-state index contributed by atoms with van der Waals surface area (Å²) in [7, 11) is 1.90. The Kier molecular flexibility index (Phi) is 7.31. The first-order chi connectivity index (χ1) is 17.7. The van der Waals surface area contributed by atoms with Gasteiger partial charge in [0.2, 0.25) is 5.91 Å². The topological polar surface area (TPSA) is 59.4 Å². The summed E-state index contributed by atoms with van der Waals surface area (Å²) >= 11 is 0. The molecule has 1 aliphatic rings. The molecule has 0 saturated carbocycles. The number of carbonyl (C=O) groups excluding carboxylic acids is 1. The highest BCUT2D eigenvalue weighted by Gasteiger charge is 2.27. The lowest BCUT2D eigenvalue weighted by atomic mass is 10.0. The van der Waals surface area contributed by atoms with Gasteiger partial charge in [0.1, 0.15) is 12.4 Å². The summed E-state index contributed by atoms with van der Waals surface area (Å²) in [5.41, 5.74) is 5.49. The SMILES string of the molecule is Cn1cc(CCC(=O)N2Cc3ccccc3NCc3ccccc3OC[C@@H]2Cc2ccccc2)cn1. The van der Waals surface area contributed by atoms with E-state index in [0.717, 1.165) is 34.5 Å². The van der Waals surface area contributed by atoms with E-state index in [0.29, 0.717) is 32.5 Å². The van der Waals surface area contributed by atoms with Crippen molar-refractivity contribution in [3.63, 3.8) is 0 Å². The lowest BCUT2D eigenvalue weighted by molar-refractivity contribution is -0.135. The number of hydrogen-bond donors (Lipinski definition) is 1. The van der Waals surface area contributed by atoms with Gasteiger partial charge < -0.3 is 15.0 Å². The van der Waals surface area contributed by atoms with Gasteiger partial charge in [-0.3, -0.25) is 9.48 Å². The molecular weight excluding hydrogens is 448 g/mol. The van der Waals surface area contributed by atoms with Crippen LogP contribution in [0.5, 0.6) is 5.75 Å². The van der Waals surface area contributed by atoms with Crippen LogP contribution < -0.4 is 10.1 Å². The molecule has 0 bridgehead atoms. The van der Waals surface area contributed by atoms with Crippen molar-refractivity contribution >= 4 is 11.6 Å². The van der Waals surface area contributed by atoms with E-state index >= 15 is 0 Å². The first-order valence-corrected chi connectivity index (χ1v) is 12.5. The first kappa shape index (κ1) is 23.7. The van der Waals surface area contributed by atoms with Crippen molar-refractivity contribution in [2.24, 2.45) is 7.05 Å². The maximum Gasteiger partial charge on any atom is 0.223 e. The fourth-order valence-electron chi connectivity index (χ4n) is 4.74. The van der Waals surface area contributed by atoms with Crippen molar-refractivity contribution in [3.8, 4) is 5.75 Å². The Balaban J connectivity index is 1.49. The standard InChI is InChI=1S/C30H32N4O2/c1-33-20-24(18-32-33)15-16-30(35)34-21-26-12-5-7-13-28(26)31-19-25-11-6-8-14-29(25)36-22-27(34)17-23-9-3-2-4-10-23/h2-14,18,20,27,31H,15-17,19,21-22H2,1H3/t27-/m0/s1. The predicted molar refractivity (Wildman–Crippen MR) is 142 cm³/mol. The molecule has 184 valence electrons. The van der Waals surface area contributed by atoms with Gasteiger partial charge in [0, 0.05) is 44.0 Å². The number of carbonyl (C=O) groups is 1. The average Bonchev–Trinajstić information content (AvgIpc) is 3.32. The van der Waals surface area contributed by atoms with Gasteiger partial charge in [0.15, 0.2) is 0 Å². The van der Waals surface area contributed by atoms with Crippen molar-refractivity contribution in [3.05, 3.63) is 114 Å². The smallest absolute Gasteiger partial charge is 0.223 e. The number of hydrogen-bond acceptors (Lipinski definition) is 4. The Morgan fingerprint density at radius 3 is 2.53 bits per heavy atom. The Morgan fingerprint density at radius 1 is 0.972 bits per heavy atom. The number of ether oxygens (including phenoxy) is 1. The van der Waals surface area contributed by atoms with Crippen LogP contribution in [0.4, 0.5) is 5.69 Å². The third kappa shape index (κ3) is 5.77. The minimum Gasteiger partial charge on any atom is -0.491 e.